The third kappa shape index (κ3) is 3.05. The molecule has 0 aliphatic carbocycles. The Kier molecular flexibility index (Phi) is 4.51. The number of nitrogens with two attached hydrogens (primary N) is 1. The van der Waals surface area contributed by atoms with Crippen molar-refractivity contribution < 1.29 is 9.53 Å². The third-order valence-electron chi connectivity index (χ3n) is 5.71. The van der Waals surface area contributed by atoms with Gasteiger partial charge in [0.15, 0.2) is 0 Å². The minimum absolute atomic E-state index is 0.156. The maximum absolute atomic E-state index is 12.9. The molecule has 1 aromatic heterocycles. The summed E-state index contributed by atoms with van der Waals surface area (Å²) in [5, 5.41) is 8.23. The molecular formula is C16H26N6O2. The summed E-state index contributed by atoms with van der Waals surface area (Å²) in [6.45, 7) is 6.05. The molecule has 0 radical (unpaired) electrons. The van der Waals surface area contributed by atoms with Gasteiger partial charge in [-0.2, -0.15) is 0 Å². The molecule has 0 aromatic carbocycles. The predicted molar refractivity (Wildman–Crippen MR) is 86.9 cm³/mol. The molecule has 1 aromatic rings. The molecule has 0 spiro atoms. The van der Waals surface area contributed by atoms with E-state index in [1.54, 1.807) is 0 Å². The Labute approximate surface area is 141 Å². The van der Waals surface area contributed by atoms with Crippen LogP contribution in [-0.4, -0.2) is 76.1 Å². The molecule has 8 heteroatoms. The smallest absolute Gasteiger partial charge is 0.227 e. The maximum Gasteiger partial charge on any atom is 0.227 e. The lowest BCUT2D eigenvalue weighted by Crippen LogP contribution is -2.59. The highest BCUT2D eigenvalue weighted by Gasteiger charge is 2.44. The van der Waals surface area contributed by atoms with E-state index in [9.17, 15) is 4.79 Å². The Hall–Kier alpha value is -1.51. The van der Waals surface area contributed by atoms with Crippen LogP contribution in [0.2, 0.25) is 0 Å². The number of carbonyl (C=O) groups is 1. The summed E-state index contributed by atoms with van der Waals surface area (Å²) in [6.07, 6.45) is 4.13. The van der Waals surface area contributed by atoms with Crippen LogP contribution >= 0.6 is 0 Å². The second-order valence-electron chi connectivity index (χ2n) is 7.11. The van der Waals surface area contributed by atoms with Gasteiger partial charge >= 0.3 is 0 Å². The topological polar surface area (TPSA) is 89.5 Å². The molecule has 4 atom stereocenters. The van der Waals surface area contributed by atoms with E-state index in [0.717, 1.165) is 51.3 Å². The van der Waals surface area contributed by atoms with Gasteiger partial charge in [-0.15, -0.1) is 5.10 Å². The predicted octanol–water partition coefficient (Wildman–Crippen LogP) is -0.694. The Morgan fingerprint density at radius 2 is 2.17 bits per heavy atom. The van der Waals surface area contributed by atoms with Gasteiger partial charge in [-0.1, -0.05) is 5.21 Å². The normalized spacial score (nSPS) is 33.0. The lowest BCUT2D eigenvalue weighted by atomic mass is 9.75. The number of rotatable bonds is 4. The van der Waals surface area contributed by atoms with Crippen molar-refractivity contribution in [3.8, 4) is 0 Å². The van der Waals surface area contributed by atoms with Crippen molar-refractivity contribution in [1.82, 2.24) is 24.8 Å². The van der Waals surface area contributed by atoms with Crippen LogP contribution in [0.15, 0.2) is 6.20 Å². The van der Waals surface area contributed by atoms with Crippen molar-refractivity contribution in [2.75, 3.05) is 39.4 Å². The first-order valence-electron chi connectivity index (χ1n) is 8.94. The van der Waals surface area contributed by atoms with E-state index in [-0.39, 0.29) is 5.92 Å². The van der Waals surface area contributed by atoms with Gasteiger partial charge < -0.3 is 15.4 Å². The standard InChI is InChI=1S/C16H26N6O2/c17-8-13-9-22(19-18-13)10-14-7-12-1-2-21(14)11-15(12)16(23)20-3-5-24-6-4-20/h9,12,14-15H,1-8,10-11,17H2/t12-,14-,15+/m1/s1. The summed E-state index contributed by atoms with van der Waals surface area (Å²) >= 11 is 0. The first-order chi connectivity index (χ1) is 11.7. The van der Waals surface area contributed by atoms with Crippen molar-refractivity contribution in [2.45, 2.75) is 32.0 Å². The number of nitrogens with zero attached hydrogens (tertiary/aromatic N) is 5. The molecule has 1 unspecified atom stereocenters. The van der Waals surface area contributed by atoms with Crippen molar-refractivity contribution in [1.29, 1.82) is 0 Å². The summed E-state index contributed by atoms with van der Waals surface area (Å²) in [4.78, 5) is 17.3. The number of aromatic nitrogens is 3. The average molecular weight is 334 g/mol. The highest BCUT2D eigenvalue weighted by atomic mass is 16.5. The fourth-order valence-electron chi connectivity index (χ4n) is 4.36. The Balaban J connectivity index is 1.39. The average Bonchev–Trinajstić information content (AvgIpc) is 3.10. The molecule has 4 fully saturated rings. The van der Waals surface area contributed by atoms with E-state index in [1.807, 2.05) is 15.8 Å². The zero-order valence-corrected chi connectivity index (χ0v) is 14.0. The van der Waals surface area contributed by atoms with E-state index < -0.39 is 0 Å². The number of ether oxygens (including phenoxy) is 1. The third-order valence-corrected chi connectivity index (χ3v) is 5.71. The maximum atomic E-state index is 12.9. The van der Waals surface area contributed by atoms with Crippen LogP contribution < -0.4 is 5.73 Å². The molecule has 4 saturated heterocycles. The van der Waals surface area contributed by atoms with E-state index in [4.69, 9.17) is 10.5 Å². The Bertz CT molecular complexity index is 585. The molecule has 132 valence electrons. The minimum Gasteiger partial charge on any atom is -0.378 e. The second kappa shape index (κ2) is 6.78. The molecule has 24 heavy (non-hydrogen) atoms. The van der Waals surface area contributed by atoms with Crippen molar-refractivity contribution >= 4 is 5.91 Å². The number of hydrogen-bond acceptors (Lipinski definition) is 6. The van der Waals surface area contributed by atoms with Gasteiger partial charge in [0.2, 0.25) is 5.91 Å². The molecular weight excluding hydrogens is 308 g/mol. The van der Waals surface area contributed by atoms with Gasteiger partial charge in [0.25, 0.3) is 0 Å². The molecule has 4 aliphatic rings. The largest absolute Gasteiger partial charge is 0.378 e. The lowest BCUT2D eigenvalue weighted by Gasteiger charge is -2.50. The van der Waals surface area contributed by atoms with Crippen LogP contribution in [-0.2, 0) is 22.6 Å². The summed E-state index contributed by atoms with van der Waals surface area (Å²) in [6, 6.07) is 0.449. The molecule has 5 rings (SSSR count). The first kappa shape index (κ1) is 16.0. The summed E-state index contributed by atoms with van der Waals surface area (Å²) in [5.74, 6) is 0.980. The van der Waals surface area contributed by atoms with E-state index >= 15 is 0 Å². The minimum atomic E-state index is 0.156. The van der Waals surface area contributed by atoms with Crippen LogP contribution in [0.25, 0.3) is 0 Å². The quantitative estimate of drug-likeness (QED) is 0.784. The fraction of sp³-hybridized carbons (Fsp3) is 0.812. The van der Waals surface area contributed by atoms with E-state index in [2.05, 4.69) is 15.2 Å². The molecule has 0 saturated carbocycles. The van der Waals surface area contributed by atoms with Crippen LogP contribution in [0, 0.1) is 11.8 Å². The second-order valence-corrected chi connectivity index (χ2v) is 7.11. The summed E-state index contributed by atoms with van der Waals surface area (Å²) in [5.41, 5.74) is 6.43. The number of carbonyl (C=O) groups excluding carboxylic acids is 1. The Morgan fingerprint density at radius 1 is 1.33 bits per heavy atom. The monoisotopic (exact) mass is 334 g/mol. The van der Waals surface area contributed by atoms with Gasteiger partial charge in [-0.05, 0) is 25.3 Å². The first-order valence-corrected chi connectivity index (χ1v) is 8.94. The number of fused-ring (bicyclic) bond motifs is 3. The van der Waals surface area contributed by atoms with Crippen molar-refractivity contribution in [3.63, 3.8) is 0 Å². The zero-order chi connectivity index (χ0) is 16.5. The van der Waals surface area contributed by atoms with Gasteiger partial charge in [0.05, 0.1) is 31.4 Å². The molecule has 1 amide bonds. The number of amides is 1. The van der Waals surface area contributed by atoms with Crippen LogP contribution in [0.5, 0.6) is 0 Å². The van der Waals surface area contributed by atoms with Gasteiger partial charge in [0.1, 0.15) is 0 Å². The van der Waals surface area contributed by atoms with Gasteiger partial charge in [-0.3, -0.25) is 14.4 Å². The van der Waals surface area contributed by atoms with Crippen molar-refractivity contribution in [2.24, 2.45) is 17.6 Å². The number of piperidine rings is 3. The fourth-order valence-corrected chi connectivity index (χ4v) is 4.36. The number of morpholine rings is 1. The molecule has 8 nitrogen and oxygen atoms in total. The Morgan fingerprint density at radius 3 is 2.83 bits per heavy atom. The lowest BCUT2D eigenvalue weighted by molar-refractivity contribution is -0.148. The molecule has 2 bridgehead atoms. The number of hydrogen-bond donors (Lipinski definition) is 1. The molecule has 4 aliphatic heterocycles. The van der Waals surface area contributed by atoms with Gasteiger partial charge in [0, 0.05) is 38.4 Å². The van der Waals surface area contributed by atoms with E-state index in [0.29, 0.717) is 37.6 Å². The van der Waals surface area contributed by atoms with Crippen molar-refractivity contribution in [3.05, 3.63) is 11.9 Å². The highest BCUT2D eigenvalue weighted by molar-refractivity contribution is 5.79. The molecule has 5 heterocycles. The van der Waals surface area contributed by atoms with Crippen LogP contribution in [0.3, 0.4) is 0 Å². The summed E-state index contributed by atoms with van der Waals surface area (Å²) in [7, 11) is 0. The van der Waals surface area contributed by atoms with Crippen LogP contribution in [0.1, 0.15) is 18.5 Å². The SMILES string of the molecule is NCc1cn(C[C@H]2C[C@H]3CCN2C[C@@H]3C(=O)N2CCOCC2)nn1. The van der Waals surface area contributed by atoms with E-state index in [1.165, 1.54) is 0 Å². The molecule has 2 N–H and O–H groups in total. The van der Waals surface area contributed by atoms with Gasteiger partial charge in [-0.25, -0.2) is 0 Å². The summed E-state index contributed by atoms with van der Waals surface area (Å²) < 4.78 is 7.26. The highest BCUT2D eigenvalue weighted by Crippen LogP contribution is 2.37. The van der Waals surface area contributed by atoms with Crippen LogP contribution in [0.4, 0.5) is 0 Å². The zero-order valence-electron chi connectivity index (χ0n) is 14.0.